The van der Waals surface area contributed by atoms with Crippen LogP contribution in [0.15, 0.2) is 102 Å². The molecule has 0 radical (unpaired) electrons. The van der Waals surface area contributed by atoms with E-state index in [-0.39, 0.29) is 17.3 Å². The number of hydrogen-bond donors (Lipinski definition) is 1. The topological polar surface area (TPSA) is 66.5 Å². The molecular weight excluding hydrogens is 492 g/mol. The molecule has 0 unspecified atom stereocenters. The lowest BCUT2D eigenvalue weighted by Gasteiger charge is -2.26. The molecule has 0 heterocycles. The Labute approximate surface area is 217 Å². The van der Waals surface area contributed by atoms with Crippen molar-refractivity contribution in [2.24, 2.45) is 0 Å². The third kappa shape index (κ3) is 5.78. The summed E-state index contributed by atoms with van der Waals surface area (Å²) in [6.07, 6.45) is 0.932. The molecule has 0 aromatic heterocycles. The molecule has 4 rings (SSSR count). The maximum absolute atomic E-state index is 13.6. The summed E-state index contributed by atoms with van der Waals surface area (Å²) in [5.41, 5.74) is 4.42. The number of amides is 1. The molecule has 4 aromatic carbocycles. The summed E-state index contributed by atoms with van der Waals surface area (Å²) in [5.74, 6) is -0.231. The number of hydrogen-bond acceptors (Lipinski definition) is 3. The van der Waals surface area contributed by atoms with Gasteiger partial charge in [-0.3, -0.25) is 9.10 Å². The Balaban J connectivity index is 1.60. The number of sulfonamides is 1. The number of halogens is 1. The predicted octanol–water partition coefficient (Wildman–Crippen LogP) is 6.86. The van der Waals surface area contributed by atoms with Gasteiger partial charge in [-0.25, -0.2) is 8.42 Å². The summed E-state index contributed by atoms with van der Waals surface area (Å²) < 4.78 is 28.6. The first-order valence-electron chi connectivity index (χ1n) is 11.6. The van der Waals surface area contributed by atoms with Crippen LogP contribution in [-0.4, -0.2) is 14.3 Å². The number of benzene rings is 4. The second-order valence-corrected chi connectivity index (χ2v) is 10.8. The molecule has 0 aliphatic heterocycles. The molecule has 0 spiro atoms. The summed E-state index contributed by atoms with van der Waals surface area (Å²) in [6.45, 7) is 4.01. The van der Waals surface area contributed by atoms with Gasteiger partial charge in [-0.1, -0.05) is 67.1 Å². The number of anilines is 2. The van der Waals surface area contributed by atoms with E-state index in [1.165, 1.54) is 9.87 Å². The smallest absolute Gasteiger partial charge is 0.264 e. The largest absolute Gasteiger partial charge is 0.322 e. The third-order valence-electron chi connectivity index (χ3n) is 5.93. The van der Waals surface area contributed by atoms with Gasteiger partial charge in [-0.05, 0) is 78.6 Å². The standard InChI is InChI=1S/C29H27ClN2O3S/c1-3-22-12-17-26(18-13-22)31-29(33)24-14-10-23(11-15-24)20-32(28-19-25(30)16-9-21(28)2)36(34,35)27-7-5-4-6-8-27/h4-19H,3,20H2,1-2H3,(H,31,33). The first-order chi connectivity index (χ1) is 17.3. The van der Waals surface area contributed by atoms with Crippen LogP contribution in [0.5, 0.6) is 0 Å². The van der Waals surface area contributed by atoms with Crippen molar-refractivity contribution in [1.82, 2.24) is 0 Å². The first kappa shape index (κ1) is 25.5. The monoisotopic (exact) mass is 518 g/mol. The summed E-state index contributed by atoms with van der Waals surface area (Å²) in [4.78, 5) is 12.9. The highest BCUT2D eigenvalue weighted by atomic mass is 35.5. The van der Waals surface area contributed by atoms with E-state index in [4.69, 9.17) is 11.6 Å². The van der Waals surface area contributed by atoms with Crippen LogP contribution >= 0.6 is 11.6 Å². The van der Waals surface area contributed by atoms with Gasteiger partial charge < -0.3 is 5.32 Å². The maximum Gasteiger partial charge on any atom is 0.264 e. The fraction of sp³-hybridized carbons (Fsp3) is 0.138. The van der Waals surface area contributed by atoms with Crippen LogP contribution in [0.2, 0.25) is 5.02 Å². The number of nitrogens with zero attached hydrogens (tertiary/aromatic N) is 1. The van der Waals surface area contributed by atoms with Crippen molar-refractivity contribution in [3.8, 4) is 0 Å². The molecule has 4 aromatic rings. The minimum absolute atomic E-state index is 0.0821. The van der Waals surface area contributed by atoms with Crippen molar-refractivity contribution < 1.29 is 13.2 Å². The van der Waals surface area contributed by atoms with Gasteiger partial charge >= 0.3 is 0 Å². The highest BCUT2D eigenvalue weighted by Crippen LogP contribution is 2.31. The molecule has 5 nitrogen and oxygen atoms in total. The van der Waals surface area contributed by atoms with E-state index in [0.717, 1.165) is 23.2 Å². The van der Waals surface area contributed by atoms with Crippen LogP contribution in [0.4, 0.5) is 11.4 Å². The Morgan fingerprint density at radius 2 is 1.50 bits per heavy atom. The minimum Gasteiger partial charge on any atom is -0.322 e. The second kappa shape index (κ2) is 11.0. The highest BCUT2D eigenvalue weighted by Gasteiger charge is 2.26. The van der Waals surface area contributed by atoms with Gasteiger partial charge in [0.25, 0.3) is 15.9 Å². The zero-order valence-electron chi connectivity index (χ0n) is 20.1. The van der Waals surface area contributed by atoms with Gasteiger partial charge in [0.1, 0.15) is 0 Å². The van der Waals surface area contributed by atoms with Gasteiger partial charge in [-0.15, -0.1) is 0 Å². The zero-order valence-corrected chi connectivity index (χ0v) is 21.7. The number of carbonyl (C=O) groups excluding carboxylic acids is 1. The number of aryl methyl sites for hydroxylation is 2. The van der Waals surface area contributed by atoms with Gasteiger partial charge in [0.05, 0.1) is 17.1 Å². The molecule has 0 atom stereocenters. The van der Waals surface area contributed by atoms with Crippen molar-refractivity contribution in [1.29, 1.82) is 0 Å². The quantitative estimate of drug-likeness (QED) is 0.277. The SMILES string of the molecule is CCc1ccc(NC(=O)c2ccc(CN(c3cc(Cl)ccc3C)S(=O)(=O)c3ccccc3)cc2)cc1. The van der Waals surface area contributed by atoms with E-state index in [1.54, 1.807) is 72.8 Å². The molecule has 0 saturated heterocycles. The normalized spacial score (nSPS) is 11.2. The fourth-order valence-electron chi connectivity index (χ4n) is 3.82. The van der Waals surface area contributed by atoms with Crippen LogP contribution in [0.25, 0.3) is 0 Å². The Morgan fingerprint density at radius 1 is 0.861 bits per heavy atom. The van der Waals surface area contributed by atoms with Gasteiger partial charge in [0, 0.05) is 16.3 Å². The Morgan fingerprint density at radius 3 is 2.14 bits per heavy atom. The van der Waals surface area contributed by atoms with E-state index in [2.05, 4.69) is 12.2 Å². The summed E-state index contributed by atoms with van der Waals surface area (Å²) in [7, 11) is -3.87. The number of rotatable bonds is 8. The lowest BCUT2D eigenvalue weighted by Crippen LogP contribution is -2.31. The molecule has 0 saturated carbocycles. The molecule has 184 valence electrons. The molecule has 1 N–H and O–H groups in total. The van der Waals surface area contributed by atoms with Crippen LogP contribution in [-0.2, 0) is 23.0 Å². The number of nitrogens with one attached hydrogen (secondary N) is 1. The lowest BCUT2D eigenvalue weighted by atomic mass is 10.1. The van der Waals surface area contributed by atoms with Crippen molar-refractivity contribution in [3.63, 3.8) is 0 Å². The number of carbonyl (C=O) groups is 1. The maximum atomic E-state index is 13.6. The predicted molar refractivity (Wildman–Crippen MR) is 146 cm³/mol. The fourth-order valence-corrected chi connectivity index (χ4v) is 5.52. The van der Waals surface area contributed by atoms with E-state index >= 15 is 0 Å². The van der Waals surface area contributed by atoms with E-state index in [1.807, 2.05) is 31.2 Å². The molecule has 0 fully saturated rings. The molecular formula is C29H27ClN2O3S. The van der Waals surface area contributed by atoms with Crippen molar-refractivity contribution >= 4 is 38.9 Å². The van der Waals surface area contributed by atoms with Crippen LogP contribution < -0.4 is 9.62 Å². The van der Waals surface area contributed by atoms with Crippen LogP contribution in [0.1, 0.15) is 34.0 Å². The average molecular weight is 519 g/mol. The second-order valence-electron chi connectivity index (χ2n) is 8.46. The molecule has 0 aliphatic carbocycles. The van der Waals surface area contributed by atoms with Gasteiger partial charge in [0.15, 0.2) is 0 Å². The Hall–Kier alpha value is -3.61. The molecule has 0 bridgehead atoms. The van der Waals surface area contributed by atoms with Crippen molar-refractivity contribution in [3.05, 3.63) is 124 Å². The van der Waals surface area contributed by atoms with Crippen LogP contribution in [0.3, 0.4) is 0 Å². The van der Waals surface area contributed by atoms with E-state index in [9.17, 15) is 13.2 Å². The zero-order chi connectivity index (χ0) is 25.7. The van der Waals surface area contributed by atoms with E-state index in [0.29, 0.717) is 16.3 Å². The summed E-state index contributed by atoms with van der Waals surface area (Å²) >= 11 is 6.23. The molecule has 36 heavy (non-hydrogen) atoms. The Kier molecular flexibility index (Phi) is 7.77. The first-order valence-corrected chi connectivity index (χ1v) is 13.4. The average Bonchev–Trinajstić information content (AvgIpc) is 2.90. The van der Waals surface area contributed by atoms with Crippen molar-refractivity contribution in [2.45, 2.75) is 31.7 Å². The highest BCUT2D eigenvalue weighted by molar-refractivity contribution is 7.92. The molecule has 1 amide bonds. The van der Waals surface area contributed by atoms with Gasteiger partial charge in [0.2, 0.25) is 0 Å². The lowest BCUT2D eigenvalue weighted by molar-refractivity contribution is 0.102. The van der Waals surface area contributed by atoms with Crippen molar-refractivity contribution in [2.75, 3.05) is 9.62 Å². The van der Waals surface area contributed by atoms with Gasteiger partial charge in [-0.2, -0.15) is 0 Å². The molecule has 0 aliphatic rings. The Bertz CT molecular complexity index is 1450. The summed E-state index contributed by atoms with van der Waals surface area (Å²) in [6, 6.07) is 28.1. The third-order valence-corrected chi connectivity index (χ3v) is 7.94. The van der Waals surface area contributed by atoms with Crippen LogP contribution in [0, 0.1) is 6.92 Å². The summed E-state index contributed by atoms with van der Waals surface area (Å²) in [5, 5.41) is 3.34. The molecule has 7 heteroatoms. The van der Waals surface area contributed by atoms with E-state index < -0.39 is 10.0 Å². The minimum atomic E-state index is -3.87.